The quantitative estimate of drug-likeness (QED) is 0.348. The van der Waals surface area contributed by atoms with Crippen LogP contribution in [0.5, 0.6) is 6.01 Å². The highest BCUT2D eigenvalue weighted by molar-refractivity contribution is 5.99. The number of fused-ring (bicyclic) bond motifs is 4. The molecule has 7 nitrogen and oxygen atoms in total. The summed E-state index contributed by atoms with van der Waals surface area (Å²) in [5.74, 6) is 0.272. The Labute approximate surface area is 227 Å². The predicted molar refractivity (Wildman–Crippen MR) is 149 cm³/mol. The van der Waals surface area contributed by atoms with Gasteiger partial charge < -0.3 is 14.4 Å². The van der Waals surface area contributed by atoms with E-state index in [2.05, 4.69) is 14.8 Å². The second kappa shape index (κ2) is 9.10. The predicted octanol–water partition coefficient (Wildman–Crippen LogP) is 5.36. The average molecular weight is 526 g/mol. The second-order valence-corrected chi connectivity index (χ2v) is 11.5. The molecular formula is C31H32FN5O2. The molecule has 1 aliphatic carbocycles. The number of benzene rings is 2. The Kier molecular flexibility index (Phi) is 5.49. The van der Waals surface area contributed by atoms with E-state index in [9.17, 15) is 0 Å². The van der Waals surface area contributed by atoms with Gasteiger partial charge in [0, 0.05) is 24.9 Å². The summed E-state index contributed by atoms with van der Waals surface area (Å²) in [5.41, 5.74) is 1.38. The van der Waals surface area contributed by atoms with Gasteiger partial charge in [-0.1, -0.05) is 42.5 Å². The Balaban J connectivity index is 1.25. The Morgan fingerprint density at radius 2 is 1.82 bits per heavy atom. The SMILES string of the molecule is Fc1c(-c2cccc3ccccc23)ncc2c(N3CCCOC4CC43)nc(OCC34CCCN3CCC4)nc12. The molecule has 8 rings (SSSR count). The van der Waals surface area contributed by atoms with Gasteiger partial charge in [-0.05, 0) is 62.4 Å². The van der Waals surface area contributed by atoms with Gasteiger partial charge in [0.15, 0.2) is 5.82 Å². The summed E-state index contributed by atoms with van der Waals surface area (Å²) in [4.78, 5) is 19.1. The first-order valence-corrected chi connectivity index (χ1v) is 14.3. The van der Waals surface area contributed by atoms with E-state index in [0.717, 1.165) is 68.3 Å². The zero-order valence-electron chi connectivity index (χ0n) is 22.0. The summed E-state index contributed by atoms with van der Waals surface area (Å²) in [5, 5.41) is 2.63. The standard InChI is InChI=1S/C31H32FN5O2/c32-26-27(22-10-3-8-20-7-1-2-9-21(20)22)33-18-23-28(26)34-30(39-19-31-11-4-13-36(31)14-5-12-31)35-29(23)37-15-6-16-38-25-17-24(25)37/h1-3,7-10,18,24-25H,4-6,11-17,19H2. The van der Waals surface area contributed by atoms with E-state index in [-0.39, 0.29) is 29.2 Å². The van der Waals surface area contributed by atoms with Crippen LogP contribution in [0.1, 0.15) is 38.5 Å². The second-order valence-electron chi connectivity index (χ2n) is 11.5. The summed E-state index contributed by atoms with van der Waals surface area (Å²) >= 11 is 0. The van der Waals surface area contributed by atoms with Crippen LogP contribution in [0.25, 0.3) is 32.9 Å². The van der Waals surface area contributed by atoms with Gasteiger partial charge in [-0.2, -0.15) is 9.97 Å². The van der Waals surface area contributed by atoms with E-state index in [1.807, 2.05) is 42.5 Å². The normalized spacial score (nSPS) is 24.1. The first-order valence-electron chi connectivity index (χ1n) is 14.3. The van der Waals surface area contributed by atoms with Crippen molar-refractivity contribution in [3.8, 4) is 17.3 Å². The maximum absolute atomic E-state index is 16.5. The first-order chi connectivity index (χ1) is 19.2. The van der Waals surface area contributed by atoms with Crippen LogP contribution in [0.15, 0.2) is 48.7 Å². The van der Waals surface area contributed by atoms with Gasteiger partial charge in [0.05, 0.1) is 23.1 Å². The van der Waals surface area contributed by atoms with E-state index < -0.39 is 5.82 Å². The van der Waals surface area contributed by atoms with Crippen LogP contribution >= 0.6 is 0 Å². The smallest absolute Gasteiger partial charge is 0.319 e. The zero-order chi connectivity index (χ0) is 26.0. The number of pyridine rings is 1. The van der Waals surface area contributed by atoms with Crippen molar-refractivity contribution in [2.45, 2.75) is 56.2 Å². The molecule has 4 aliphatic rings. The summed E-state index contributed by atoms with van der Waals surface area (Å²) in [6, 6.07) is 14.4. The fourth-order valence-corrected chi connectivity index (χ4v) is 7.15. The van der Waals surface area contributed by atoms with E-state index in [1.165, 1.54) is 12.8 Å². The maximum atomic E-state index is 16.5. The largest absolute Gasteiger partial charge is 0.461 e. The van der Waals surface area contributed by atoms with Crippen molar-refractivity contribution in [1.82, 2.24) is 19.9 Å². The molecule has 0 spiro atoms. The fraction of sp³-hybridized carbons (Fsp3) is 0.452. The van der Waals surface area contributed by atoms with Crippen LogP contribution < -0.4 is 9.64 Å². The molecule has 0 N–H and O–H groups in total. The molecule has 8 heteroatoms. The highest BCUT2D eigenvalue weighted by Gasteiger charge is 2.47. The van der Waals surface area contributed by atoms with Gasteiger partial charge in [0.25, 0.3) is 0 Å². The molecule has 200 valence electrons. The Morgan fingerprint density at radius 1 is 0.974 bits per heavy atom. The molecule has 2 atom stereocenters. The van der Waals surface area contributed by atoms with Crippen molar-refractivity contribution in [3.63, 3.8) is 0 Å². The zero-order valence-corrected chi connectivity index (χ0v) is 22.0. The molecule has 4 aromatic rings. The first kappa shape index (κ1) is 23.5. The third-order valence-corrected chi connectivity index (χ3v) is 9.22. The molecule has 2 aromatic carbocycles. The van der Waals surface area contributed by atoms with Crippen LogP contribution in [0.2, 0.25) is 0 Å². The van der Waals surface area contributed by atoms with E-state index in [0.29, 0.717) is 23.5 Å². The number of rotatable bonds is 5. The topological polar surface area (TPSA) is 63.6 Å². The van der Waals surface area contributed by atoms with E-state index in [4.69, 9.17) is 19.4 Å². The molecule has 0 radical (unpaired) electrons. The number of nitrogens with zero attached hydrogens (tertiary/aromatic N) is 5. The Morgan fingerprint density at radius 3 is 2.72 bits per heavy atom. The van der Waals surface area contributed by atoms with Gasteiger partial charge >= 0.3 is 6.01 Å². The number of hydrogen-bond acceptors (Lipinski definition) is 7. The summed E-state index contributed by atoms with van der Waals surface area (Å²) < 4.78 is 28.8. The number of aromatic nitrogens is 3. The van der Waals surface area contributed by atoms with Crippen LogP contribution in [0, 0.1) is 5.82 Å². The molecule has 2 unspecified atom stereocenters. The molecule has 39 heavy (non-hydrogen) atoms. The molecule has 3 aliphatic heterocycles. The molecule has 1 saturated carbocycles. The third-order valence-electron chi connectivity index (χ3n) is 9.22. The lowest BCUT2D eigenvalue weighted by atomic mass is 9.95. The molecule has 5 heterocycles. The number of anilines is 1. The van der Waals surface area contributed by atoms with Crippen molar-refractivity contribution in [2.75, 3.05) is 37.7 Å². The highest BCUT2D eigenvalue weighted by Crippen LogP contribution is 2.42. The lowest BCUT2D eigenvalue weighted by molar-refractivity contribution is 0.108. The highest BCUT2D eigenvalue weighted by atomic mass is 19.1. The van der Waals surface area contributed by atoms with E-state index >= 15 is 4.39 Å². The molecule has 2 aromatic heterocycles. The van der Waals surface area contributed by atoms with Crippen molar-refractivity contribution in [2.24, 2.45) is 0 Å². The van der Waals surface area contributed by atoms with Gasteiger partial charge in [-0.15, -0.1) is 0 Å². The minimum absolute atomic E-state index is 0.0570. The Bertz CT molecular complexity index is 1560. The molecule has 0 bridgehead atoms. The maximum Gasteiger partial charge on any atom is 0.319 e. The van der Waals surface area contributed by atoms with Crippen LogP contribution in [-0.2, 0) is 4.74 Å². The number of halogens is 1. The lowest BCUT2D eigenvalue weighted by Gasteiger charge is -2.31. The van der Waals surface area contributed by atoms with Gasteiger partial charge in [-0.3, -0.25) is 9.88 Å². The van der Waals surface area contributed by atoms with Crippen molar-refractivity contribution >= 4 is 27.5 Å². The number of ether oxygens (including phenoxy) is 2. The van der Waals surface area contributed by atoms with Crippen molar-refractivity contribution in [1.29, 1.82) is 0 Å². The van der Waals surface area contributed by atoms with Gasteiger partial charge in [0.2, 0.25) is 0 Å². The van der Waals surface area contributed by atoms with Gasteiger partial charge in [-0.25, -0.2) is 4.39 Å². The van der Waals surface area contributed by atoms with Crippen LogP contribution in [0.3, 0.4) is 0 Å². The minimum Gasteiger partial charge on any atom is -0.461 e. The molecule has 3 saturated heterocycles. The van der Waals surface area contributed by atoms with Crippen LogP contribution in [0.4, 0.5) is 10.2 Å². The van der Waals surface area contributed by atoms with Crippen molar-refractivity contribution in [3.05, 3.63) is 54.5 Å². The summed E-state index contributed by atoms with van der Waals surface area (Å²) in [7, 11) is 0. The molecule has 0 amide bonds. The molecule has 4 fully saturated rings. The minimum atomic E-state index is -0.433. The fourth-order valence-electron chi connectivity index (χ4n) is 7.15. The van der Waals surface area contributed by atoms with Crippen molar-refractivity contribution < 1.29 is 13.9 Å². The Hall–Kier alpha value is -3.36. The van der Waals surface area contributed by atoms with Crippen LogP contribution in [-0.4, -0.2) is 70.4 Å². The lowest BCUT2D eigenvalue weighted by Crippen LogP contribution is -2.43. The molecular weight excluding hydrogens is 493 g/mol. The van der Waals surface area contributed by atoms with Gasteiger partial charge in [0.1, 0.15) is 23.6 Å². The average Bonchev–Trinajstić information content (AvgIpc) is 3.51. The summed E-state index contributed by atoms with van der Waals surface area (Å²) in [6.07, 6.45) is 8.46. The summed E-state index contributed by atoms with van der Waals surface area (Å²) in [6.45, 7) is 4.32. The monoisotopic (exact) mass is 525 g/mol. The number of hydrogen-bond donors (Lipinski definition) is 0. The third kappa shape index (κ3) is 3.87. The van der Waals surface area contributed by atoms with E-state index in [1.54, 1.807) is 6.20 Å².